The number of carbonyl (C=O) groups is 6. The van der Waals surface area contributed by atoms with Crippen molar-refractivity contribution in [2.24, 2.45) is 17.1 Å². The lowest BCUT2D eigenvalue weighted by Gasteiger charge is -2.36. The predicted molar refractivity (Wildman–Crippen MR) is 141 cm³/mol. The molecule has 5 N–H and O–H groups in total. The summed E-state index contributed by atoms with van der Waals surface area (Å²) in [6.07, 6.45) is 0.908. The van der Waals surface area contributed by atoms with Crippen LogP contribution in [-0.4, -0.2) is 70.9 Å². The number of hydrogen-bond acceptors (Lipinski definition) is 6. The number of nitrogens with zero attached hydrogens (tertiary/aromatic N) is 1. The highest BCUT2D eigenvalue weighted by atomic mass is 16.2. The summed E-state index contributed by atoms with van der Waals surface area (Å²) >= 11 is 0. The second-order valence-electron chi connectivity index (χ2n) is 11.0. The highest BCUT2D eigenvalue weighted by Crippen LogP contribution is 2.26. The summed E-state index contributed by atoms with van der Waals surface area (Å²) < 4.78 is 0. The molecule has 1 aromatic carbocycles. The number of Topliss-reactive ketones (excluding diaryl/α,β-unsaturated/α-hetero) is 2. The van der Waals surface area contributed by atoms with Crippen molar-refractivity contribution in [3.8, 4) is 0 Å². The Bertz CT molecular complexity index is 1070. The molecule has 11 nitrogen and oxygen atoms in total. The van der Waals surface area contributed by atoms with Gasteiger partial charge in [-0.25, -0.2) is 4.79 Å². The van der Waals surface area contributed by atoms with Gasteiger partial charge < -0.3 is 26.6 Å². The van der Waals surface area contributed by atoms with Crippen LogP contribution in [0.5, 0.6) is 0 Å². The Morgan fingerprint density at radius 3 is 2.08 bits per heavy atom. The van der Waals surface area contributed by atoms with E-state index in [1.165, 1.54) is 11.8 Å². The van der Waals surface area contributed by atoms with Gasteiger partial charge in [-0.2, -0.15) is 0 Å². The molecule has 0 aliphatic carbocycles. The molecular formula is C27H39N5O6. The quantitative estimate of drug-likeness (QED) is 0.262. The van der Waals surface area contributed by atoms with Gasteiger partial charge in [-0.1, -0.05) is 65.0 Å². The Labute approximate surface area is 223 Å². The van der Waals surface area contributed by atoms with Crippen molar-refractivity contribution in [1.29, 1.82) is 0 Å². The molecule has 2 rings (SSSR count). The zero-order chi connectivity index (χ0) is 28.8. The molecule has 1 fully saturated rings. The van der Waals surface area contributed by atoms with Gasteiger partial charge in [0.1, 0.15) is 12.1 Å². The molecule has 0 bridgehead atoms. The Hall–Kier alpha value is -3.76. The van der Waals surface area contributed by atoms with Gasteiger partial charge >= 0.3 is 6.03 Å². The number of urea groups is 1. The number of primary amides is 1. The number of hydrogen-bond donors (Lipinski definition) is 4. The zero-order valence-corrected chi connectivity index (χ0v) is 22.9. The maximum Gasteiger partial charge on any atom is 0.316 e. The number of nitrogens with two attached hydrogens (primary N) is 1. The average Bonchev–Trinajstić information content (AvgIpc) is 3.34. The van der Waals surface area contributed by atoms with E-state index in [0.717, 1.165) is 0 Å². The first-order valence-electron chi connectivity index (χ1n) is 12.8. The molecule has 0 saturated carbocycles. The molecule has 0 spiro atoms. The van der Waals surface area contributed by atoms with E-state index in [9.17, 15) is 28.8 Å². The number of ketones is 2. The van der Waals surface area contributed by atoms with Crippen LogP contribution < -0.4 is 21.7 Å². The maximum absolute atomic E-state index is 13.6. The second kappa shape index (κ2) is 12.7. The third-order valence-electron chi connectivity index (χ3n) is 6.52. The number of likely N-dealkylation sites (tertiary alicyclic amines) is 1. The molecule has 1 aliphatic rings. The van der Waals surface area contributed by atoms with Gasteiger partial charge in [-0.3, -0.25) is 24.0 Å². The molecule has 1 heterocycles. The fourth-order valence-electron chi connectivity index (χ4n) is 4.34. The lowest BCUT2D eigenvalue weighted by molar-refractivity contribution is -0.143. The molecule has 0 aromatic heterocycles. The van der Waals surface area contributed by atoms with E-state index in [2.05, 4.69) is 16.0 Å². The number of amides is 5. The lowest BCUT2D eigenvalue weighted by Crippen LogP contribution is -2.61. The summed E-state index contributed by atoms with van der Waals surface area (Å²) in [5.41, 5.74) is 4.74. The average molecular weight is 530 g/mol. The van der Waals surface area contributed by atoms with Crippen LogP contribution in [0, 0.1) is 11.3 Å². The summed E-state index contributed by atoms with van der Waals surface area (Å²) in [5.74, 6) is -3.60. The Kier molecular flexibility index (Phi) is 10.1. The van der Waals surface area contributed by atoms with E-state index in [-0.39, 0.29) is 18.2 Å². The topological polar surface area (TPSA) is 168 Å². The van der Waals surface area contributed by atoms with Crippen molar-refractivity contribution in [3.05, 3.63) is 35.9 Å². The van der Waals surface area contributed by atoms with Crippen LogP contribution in [0.3, 0.4) is 0 Å². The molecule has 4 unspecified atom stereocenters. The fourth-order valence-corrected chi connectivity index (χ4v) is 4.34. The van der Waals surface area contributed by atoms with Crippen LogP contribution in [0.25, 0.3) is 0 Å². The summed E-state index contributed by atoms with van der Waals surface area (Å²) in [6, 6.07) is 4.12. The summed E-state index contributed by atoms with van der Waals surface area (Å²) in [5, 5.41) is 7.89. The minimum atomic E-state index is -1.16. The molecule has 0 radical (unpaired) electrons. The molecule has 208 valence electrons. The largest absolute Gasteiger partial charge is 0.363 e. The monoisotopic (exact) mass is 529 g/mol. The number of rotatable bonds is 10. The molecule has 1 saturated heterocycles. The standard InChI is InChI=1S/C27H39N5O6/c1-15(2)19(21(34)17-11-8-7-9-12-17)30-26(38)31-22(27(4,5)6)25(37)32-14-10-13-18(32)24(36)29-16(3)20(33)23(28)35/h7-9,11-12,15-16,18-19,22H,10,13-14H2,1-6H3,(H2,28,35)(H,29,36)(H2,30,31,38). The van der Waals surface area contributed by atoms with Crippen LogP contribution >= 0.6 is 0 Å². The minimum absolute atomic E-state index is 0.214. The van der Waals surface area contributed by atoms with E-state index in [4.69, 9.17) is 5.73 Å². The van der Waals surface area contributed by atoms with Gasteiger partial charge in [0.25, 0.3) is 5.91 Å². The van der Waals surface area contributed by atoms with Crippen LogP contribution in [0.4, 0.5) is 4.79 Å². The van der Waals surface area contributed by atoms with Crippen molar-refractivity contribution in [2.75, 3.05) is 6.54 Å². The number of nitrogens with one attached hydrogen (secondary N) is 3. The van der Waals surface area contributed by atoms with Gasteiger partial charge in [0.05, 0.1) is 12.1 Å². The first-order valence-corrected chi connectivity index (χ1v) is 12.8. The van der Waals surface area contributed by atoms with E-state index in [0.29, 0.717) is 18.4 Å². The van der Waals surface area contributed by atoms with Crippen LogP contribution in [0.2, 0.25) is 0 Å². The molecule has 1 aromatic rings. The van der Waals surface area contributed by atoms with Gasteiger partial charge in [0, 0.05) is 12.1 Å². The SMILES string of the molecule is CC(NC(=O)C1CCCN1C(=O)C(NC(=O)NC(C(=O)c1ccccc1)C(C)C)C(C)(C)C)C(=O)C(N)=O. The van der Waals surface area contributed by atoms with Crippen molar-refractivity contribution >= 4 is 35.3 Å². The normalized spacial score (nSPS) is 17.8. The van der Waals surface area contributed by atoms with Crippen molar-refractivity contribution in [3.63, 3.8) is 0 Å². The summed E-state index contributed by atoms with van der Waals surface area (Å²) in [4.78, 5) is 76.9. The molecule has 38 heavy (non-hydrogen) atoms. The lowest BCUT2D eigenvalue weighted by atomic mass is 9.85. The van der Waals surface area contributed by atoms with Crippen LogP contribution in [-0.2, 0) is 19.2 Å². The van der Waals surface area contributed by atoms with Gasteiger partial charge in [-0.05, 0) is 31.1 Å². The van der Waals surface area contributed by atoms with Crippen molar-refractivity contribution < 1.29 is 28.8 Å². The third kappa shape index (κ3) is 7.62. The summed E-state index contributed by atoms with van der Waals surface area (Å²) in [6.45, 7) is 10.6. The van der Waals surface area contributed by atoms with Crippen molar-refractivity contribution in [1.82, 2.24) is 20.9 Å². The summed E-state index contributed by atoms with van der Waals surface area (Å²) in [7, 11) is 0. The van der Waals surface area contributed by atoms with Crippen LogP contribution in [0.1, 0.15) is 64.7 Å². The predicted octanol–water partition coefficient (Wildman–Crippen LogP) is 1.16. The third-order valence-corrected chi connectivity index (χ3v) is 6.52. The first kappa shape index (κ1) is 30.5. The van der Waals surface area contributed by atoms with Crippen molar-refractivity contribution in [2.45, 2.75) is 78.6 Å². The van der Waals surface area contributed by atoms with E-state index < -0.39 is 59.1 Å². The molecule has 4 atom stereocenters. The fraction of sp³-hybridized carbons (Fsp3) is 0.556. The molecular weight excluding hydrogens is 490 g/mol. The molecule has 11 heteroatoms. The van der Waals surface area contributed by atoms with Gasteiger partial charge in [0.2, 0.25) is 17.6 Å². The Morgan fingerprint density at radius 1 is 0.947 bits per heavy atom. The zero-order valence-electron chi connectivity index (χ0n) is 22.9. The highest BCUT2D eigenvalue weighted by molar-refractivity contribution is 6.37. The highest BCUT2D eigenvalue weighted by Gasteiger charge is 2.42. The van der Waals surface area contributed by atoms with Crippen LogP contribution in [0.15, 0.2) is 30.3 Å². The Balaban J connectivity index is 2.17. The first-order chi connectivity index (χ1) is 17.6. The maximum atomic E-state index is 13.6. The van der Waals surface area contributed by atoms with E-state index in [1.54, 1.807) is 51.1 Å². The Morgan fingerprint density at radius 2 is 1.55 bits per heavy atom. The number of carbonyl (C=O) groups excluding carboxylic acids is 6. The van der Waals surface area contributed by atoms with E-state index in [1.807, 2.05) is 13.8 Å². The van der Waals surface area contributed by atoms with Gasteiger partial charge in [0.15, 0.2) is 5.78 Å². The smallest absolute Gasteiger partial charge is 0.316 e. The number of benzene rings is 1. The minimum Gasteiger partial charge on any atom is -0.363 e. The van der Waals surface area contributed by atoms with Gasteiger partial charge in [-0.15, -0.1) is 0 Å². The second-order valence-corrected chi connectivity index (χ2v) is 11.0. The molecule has 5 amide bonds. The van der Waals surface area contributed by atoms with E-state index >= 15 is 0 Å². The molecule has 1 aliphatic heterocycles.